The Morgan fingerprint density at radius 3 is 2.60 bits per heavy atom. The van der Waals surface area contributed by atoms with E-state index in [1.165, 1.54) is 13.0 Å². The molecular formula is C8H17NS. The minimum atomic E-state index is 0.794. The van der Waals surface area contributed by atoms with Gasteiger partial charge in [-0.3, -0.25) is 4.90 Å². The number of rotatable bonds is 2. The fraction of sp³-hybridized carbons (Fsp3) is 1.00. The largest absolute Gasteiger partial charge is 0.300 e. The summed E-state index contributed by atoms with van der Waals surface area (Å²) in [6.45, 7) is 7.08. The summed E-state index contributed by atoms with van der Waals surface area (Å²) in [6.07, 6.45) is 1.37. The molecule has 10 heavy (non-hydrogen) atoms. The Balaban J connectivity index is 2.31. The van der Waals surface area contributed by atoms with Crippen LogP contribution < -0.4 is 0 Å². The summed E-state index contributed by atoms with van der Waals surface area (Å²) in [5.41, 5.74) is 0. The van der Waals surface area contributed by atoms with Gasteiger partial charge in [0, 0.05) is 24.9 Å². The number of nitrogens with zero attached hydrogens (tertiary/aromatic N) is 1. The highest BCUT2D eigenvalue weighted by atomic mass is 32.1. The molecule has 0 saturated carbocycles. The second-order valence-electron chi connectivity index (χ2n) is 3.41. The Hall–Kier alpha value is 0.310. The molecule has 0 aromatic rings. The van der Waals surface area contributed by atoms with E-state index in [4.69, 9.17) is 0 Å². The quantitative estimate of drug-likeness (QED) is 0.600. The first-order chi connectivity index (χ1) is 4.74. The van der Waals surface area contributed by atoms with Crippen LogP contribution in [0.3, 0.4) is 0 Å². The van der Waals surface area contributed by atoms with Crippen molar-refractivity contribution in [1.82, 2.24) is 4.90 Å². The zero-order valence-electron chi connectivity index (χ0n) is 6.88. The molecule has 0 spiro atoms. The van der Waals surface area contributed by atoms with Crippen LogP contribution in [0.15, 0.2) is 0 Å². The molecule has 0 N–H and O–H groups in total. The van der Waals surface area contributed by atoms with Gasteiger partial charge in [-0.25, -0.2) is 0 Å². The Labute approximate surface area is 69.2 Å². The molecule has 1 aliphatic rings. The summed E-state index contributed by atoms with van der Waals surface area (Å²) in [4.78, 5) is 2.53. The molecule has 60 valence electrons. The molecule has 2 heteroatoms. The maximum atomic E-state index is 4.22. The van der Waals surface area contributed by atoms with Crippen LogP contribution in [0.1, 0.15) is 20.3 Å². The van der Waals surface area contributed by atoms with Crippen LogP contribution in [0.2, 0.25) is 0 Å². The van der Waals surface area contributed by atoms with E-state index >= 15 is 0 Å². The van der Waals surface area contributed by atoms with Crippen molar-refractivity contribution in [1.29, 1.82) is 0 Å². The van der Waals surface area contributed by atoms with Crippen molar-refractivity contribution in [2.45, 2.75) is 26.3 Å². The molecule has 0 radical (unpaired) electrons. The molecule has 0 aromatic heterocycles. The average Bonchev–Trinajstić information content (AvgIpc) is 2.13. The normalized spacial score (nSPS) is 35.1. The smallest absolute Gasteiger partial charge is 0.00728 e. The fourth-order valence-corrected chi connectivity index (χ4v) is 2.08. The van der Waals surface area contributed by atoms with Crippen LogP contribution in [-0.4, -0.2) is 29.8 Å². The van der Waals surface area contributed by atoms with E-state index in [1.807, 2.05) is 0 Å². The highest BCUT2D eigenvalue weighted by Crippen LogP contribution is 2.21. The summed E-state index contributed by atoms with van der Waals surface area (Å²) in [7, 11) is 0. The predicted octanol–water partition coefficient (Wildman–Crippen LogP) is 1.65. The van der Waals surface area contributed by atoms with E-state index in [1.54, 1.807) is 0 Å². The summed E-state index contributed by atoms with van der Waals surface area (Å²) < 4.78 is 0. The van der Waals surface area contributed by atoms with Crippen molar-refractivity contribution in [3.63, 3.8) is 0 Å². The van der Waals surface area contributed by atoms with Gasteiger partial charge in [-0.2, -0.15) is 12.6 Å². The molecule has 1 heterocycles. The van der Waals surface area contributed by atoms with Crippen molar-refractivity contribution < 1.29 is 0 Å². The maximum absolute atomic E-state index is 4.22. The van der Waals surface area contributed by atoms with Gasteiger partial charge in [-0.15, -0.1) is 0 Å². The number of thiol groups is 1. The van der Waals surface area contributed by atoms with Gasteiger partial charge in [-0.1, -0.05) is 6.92 Å². The molecule has 0 bridgehead atoms. The van der Waals surface area contributed by atoms with Crippen LogP contribution >= 0.6 is 12.6 Å². The highest BCUT2D eigenvalue weighted by molar-refractivity contribution is 7.80. The molecule has 2 unspecified atom stereocenters. The lowest BCUT2D eigenvalue weighted by Crippen LogP contribution is -2.28. The minimum absolute atomic E-state index is 0.794. The first kappa shape index (κ1) is 8.41. The van der Waals surface area contributed by atoms with E-state index in [2.05, 4.69) is 31.4 Å². The number of hydrogen-bond donors (Lipinski definition) is 1. The van der Waals surface area contributed by atoms with Crippen LogP contribution in [-0.2, 0) is 0 Å². The zero-order valence-corrected chi connectivity index (χ0v) is 7.77. The molecule has 1 fully saturated rings. The van der Waals surface area contributed by atoms with Crippen LogP contribution in [0, 0.1) is 5.92 Å². The van der Waals surface area contributed by atoms with Gasteiger partial charge < -0.3 is 0 Å². The molecule has 0 amide bonds. The Morgan fingerprint density at radius 1 is 1.50 bits per heavy atom. The van der Waals surface area contributed by atoms with Gasteiger partial charge in [0.05, 0.1) is 0 Å². The third-order valence-corrected chi connectivity index (χ3v) is 2.50. The highest BCUT2D eigenvalue weighted by Gasteiger charge is 2.24. The first-order valence-electron chi connectivity index (χ1n) is 4.09. The lowest BCUT2D eigenvalue weighted by atomic mass is 10.1. The van der Waals surface area contributed by atoms with Crippen molar-refractivity contribution in [2.75, 3.05) is 18.8 Å². The fourth-order valence-electron chi connectivity index (χ4n) is 1.83. The van der Waals surface area contributed by atoms with E-state index in [9.17, 15) is 0 Å². The summed E-state index contributed by atoms with van der Waals surface area (Å²) in [5, 5.41) is 0. The van der Waals surface area contributed by atoms with Gasteiger partial charge in [0.2, 0.25) is 0 Å². The number of hydrogen-bond acceptors (Lipinski definition) is 2. The lowest BCUT2D eigenvalue weighted by molar-refractivity contribution is 0.282. The molecule has 1 nitrogen and oxygen atoms in total. The monoisotopic (exact) mass is 159 g/mol. The molecule has 1 saturated heterocycles. The van der Waals surface area contributed by atoms with E-state index in [0.717, 1.165) is 24.3 Å². The Morgan fingerprint density at radius 2 is 2.20 bits per heavy atom. The molecule has 1 aliphatic heterocycles. The molecule has 0 aromatic carbocycles. The molecule has 2 atom stereocenters. The minimum Gasteiger partial charge on any atom is -0.300 e. The van der Waals surface area contributed by atoms with Crippen LogP contribution in [0.5, 0.6) is 0 Å². The zero-order chi connectivity index (χ0) is 7.56. The summed E-state index contributed by atoms with van der Waals surface area (Å²) >= 11 is 4.22. The topological polar surface area (TPSA) is 3.24 Å². The van der Waals surface area contributed by atoms with Gasteiger partial charge in [0.25, 0.3) is 0 Å². The van der Waals surface area contributed by atoms with E-state index in [-0.39, 0.29) is 0 Å². The van der Waals surface area contributed by atoms with Gasteiger partial charge >= 0.3 is 0 Å². The Bertz CT molecular complexity index is 105. The van der Waals surface area contributed by atoms with Gasteiger partial charge in [-0.05, 0) is 19.3 Å². The summed E-state index contributed by atoms with van der Waals surface area (Å²) in [6, 6.07) is 0.794. The van der Waals surface area contributed by atoms with Crippen molar-refractivity contribution in [2.24, 2.45) is 5.92 Å². The van der Waals surface area contributed by atoms with Crippen molar-refractivity contribution >= 4 is 12.6 Å². The molecular weight excluding hydrogens is 142 g/mol. The number of likely N-dealkylation sites (tertiary alicyclic amines) is 1. The second-order valence-corrected chi connectivity index (χ2v) is 3.86. The van der Waals surface area contributed by atoms with Gasteiger partial charge in [0.15, 0.2) is 0 Å². The van der Waals surface area contributed by atoms with Crippen LogP contribution in [0.4, 0.5) is 0 Å². The van der Waals surface area contributed by atoms with Crippen LogP contribution in [0.25, 0.3) is 0 Å². The maximum Gasteiger partial charge on any atom is 0.00728 e. The molecule has 1 rings (SSSR count). The SMILES string of the molecule is CC1CC(C)N(CCS)C1. The third kappa shape index (κ3) is 1.89. The lowest BCUT2D eigenvalue weighted by Gasteiger charge is -2.19. The van der Waals surface area contributed by atoms with Crippen molar-refractivity contribution in [3.8, 4) is 0 Å². The average molecular weight is 159 g/mol. The second kappa shape index (κ2) is 3.63. The Kier molecular flexibility index (Phi) is 3.05. The van der Waals surface area contributed by atoms with E-state index < -0.39 is 0 Å². The van der Waals surface area contributed by atoms with Gasteiger partial charge in [0.1, 0.15) is 0 Å². The third-order valence-electron chi connectivity index (χ3n) is 2.30. The van der Waals surface area contributed by atoms with Crippen molar-refractivity contribution in [3.05, 3.63) is 0 Å². The van der Waals surface area contributed by atoms with E-state index in [0.29, 0.717) is 0 Å². The standard InChI is InChI=1S/C8H17NS/c1-7-5-8(2)9(6-7)3-4-10/h7-8,10H,3-6H2,1-2H3. The molecule has 0 aliphatic carbocycles. The first-order valence-corrected chi connectivity index (χ1v) is 4.72. The summed E-state index contributed by atoms with van der Waals surface area (Å²) in [5.74, 6) is 1.90. The predicted molar refractivity (Wildman–Crippen MR) is 48.7 cm³/mol.